The lowest BCUT2D eigenvalue weighted by Crippen LogP contribution is -2.58. The predicted molar refractivity (Wildman–Crippen MR) is 179 cm³/mol. The Balaban J connectivity index is 3.97. The van der Waals surface area contributed by atoms with Crippen molar-refractivity contribution < 1.29 is 43.3 Å². The van der Waals surface area contributed by atoms with Crippen molar-refractivity contribution >= 4 is 29.7 Å². The normalized spacial score (nSPS) is 29.4. The molecule has 0 aromatic rings. The summed E-state index contributed by atoms with van der Waals surface area (Å²) in [6.45, 7) is 21.6. The molecule has 8 atom stereocenters. The van der Waals surface area contributed by atoms with Gasteiger partial charge in [0.25, 0.3) is 11.8 Å². The van der Waals surface area contributed by atoms with Gasteiger partial charge in [-0.25, -0.2) is 9.59 Å². The van der Waals surface area contributed by atoms with E-state index in [1.54, 1.807) is 69.4 Å². The second-order valence-corrected chi connectivity index (χ2v) is 15.0. The largest absolute Gasteiger partial charge is 0.456 e. The Labute approximate surface area is 282 Å². The van der Waals surface area contributed by atoms with E-state index in [2.05, 4.69) is 0 Å². The minimum atomic E-state index is -1.42. The van der Waals surface area contributed by atoms with Gasteiger partial charge in [-0.15, -0.1) is 0 Å². The smallest absolute Gasteiger partial charge is 0.329 e. The van der Waals surface area contributed by atoms with Crippen LogP contribution in [0.1, 0.15) is 95.9 Å². The number of likely N-dealkylation sites (N-methyl/N-ethyl adjacent to an activating group) is 3. The monoisotopic (exact) mass is 669 g/mol. The van der Waals surface area contributed by atoms with Crippen LogP contribution in [0.25, 0.3) is 0 Å². The van der Waals surface area contributed by atoms with Crippen molar-refractivity contribution in [2.45, 2.75) is 139 Å². The molecule has 0 radical (unpaired) electrons. The molecule has 12 nitrogen and oxygen atoms in total. The molecule has 1 saturated heterocycles. The molecule has 2 amide bonds. The molecular weight excluding hydrogens is 606 g/mol. The van der Waals surface area contributed by atoms with Crippen molar-refractivity contribution in [2.24, 2.45) is 35.5 Å². The molecule has 0 aromatic carbocycles. The molecule has 1 aliphatic heterocycles. The fraction of sp³-hybridized carbons (Fsp3) is 0.857. The molecule has 272 valence electrons. The van der Waals surface area contributed by atoms with Crippen LogP contribution >= 0.6 is 0 Å². The zero-order valence-electron chi connectivity index (χ0n) is 31.5. The lowest BCUT2D eigenvalue weighted by Gasteiger charge is -2.40. The number of nitrogens with zero attached hydrogens (tertiary/aromatic N) is 3. The van der Waals surface area contributed by atoms with Crippen LogP contribution in [0.4, 0.5) is 0 Å². The zero-order chi connectivity index (χ0) is 36.7. The van der Waals surface area contributed by atoms with Crippen LogP contribution in [-0.4, -0.2) is 113 Å². The van der Waals surface area contributed by atoms with Crippen molar-refractivity contribution in [3.63, 3.8) is 0 Å². The Hall–Kier alpha value is -2.73. The number of carbonyl (C=O) groups is 5. The van der Waals surface area contributed by atoms with E-state index in [0.717, 1.165) is 0 Å². The van der Waals surface area contributed by atoms with Gasteiger partial charge in [-0.2, -0.15) is 0 Å². The van der Waals surface area contributed by atoms with Crippen LogP contribution in [-0.2, 0) is 38.2 Å². The maximum Gasteiger partial charge on any atom is 0.329 e. The summed E-state index contributed by atoms with van der Waals surface area (Å²) < 4.78 is 17.8. The number of hydrogen-bond donors (Lipinski definition) is 1. The fourth-order valence-corrected chi connectivity index (χ4v) is 5.96. The van der Waals surface area contributed by atoms with Crippen LogP contribution in [0.3, 0.4) is 0 Å². The van der Waals surface area contributed by atoms with Crippen molar-refractivity contribution in [3.05, 3.63) is 0 Å². The van der Waals surface area contributed by atoms with Crippen LogP contribution in [0.5, 0.6) is 0 Å². The summed E-state index contributed by atoms with van der Waals surface area (Å²) in [5, 5.41) is 11.6. The maximum atomic E-state index is 14.1. The molecule has 12 heteroatoms. The number of aliphatic hydroxyl groups excluding tert-OH is 1. The predicted octanol–water partition coefficient (Wildman–Crippen LogP) is 3.72. The summed E-state index contributed by atoms with van der Waals surface area (Å²) in [4.78, 5) is 73.5. The second kappa shape index (κ2) is 18.1. The number of rotatable bonds is 8. The summed E-state index contributed by atoms with van der Waals surface area (Å²) in [5.41, 5.74) is 0. The average molecular weight is 670 g/mol. The first-order valence-corrected chi connectivity index (χ1v) is 17.1. The van der Waals surface area contributed by atoms with E-state index < -0.39 is 96.1 Å². The Morgan fingerprint density at radius 3 is 1.43 bits per heavy atom. The number of ether oxygens (including phenoxy) is 3. The van der Waals surface area contributed by atoms with Crippen molar-refractivity contribution in [3.8, 4) is 0 Å². The fourth-order valence-electron chi connectivity index (χ4n) is 5.96. The van der Waals surface area contributed by atoms with Gasteiger partial charge >= 0.3 is 17.9 Å². The Kier molecular flexibility index (Phi) is 16.3. The van der Waals surface area contributed by atoms with Crippen LogP contribution in [0.15, 0.2) is 0 Å². The number of amides is 2. The molecule has 1 aliphatic rings. The molecule has 0 saturated carbocycles. The molecule has 0 spiro atoms. The summed E-state index contributed by atoms with van der Waals surface area (Å²) >= 11 is 0. The van der Waals surface area contributed by atoms with Gasteiger partial charge in [-0.3, -0.25) is 19.3 Å². The van der Waals surface area contributed by atoms with Crippen LogP contribution in [0, 0.1) is 35.5 Å². The number of hydrogen-bond acceptors (Lipinski definition) is 10. The molecule has 1 N–H and O–H groups in total. The number of esters is 3. The van der Waals surface area contributed by atoms with Gasteiger partial charge in [0.2, 0.25) is 0 Å². The van der Waals surface area contributed by atoms with Crippen molar-refractivity contribution in [1.82, 2.24) is 14.7 Å². The molecule has 1 rings (SSSR count). The molecule has 0 aromatic heterocycles. The summed E-state index contributed by atoms with van der Waals surface area (Å²) in [6, 6.07) is -3.16. The highest BCUT2D eigenvalue weighted by molar-refractivity contribution is 5.92. The molecule has 0 bridgehead atoms. The van der Waals surface area contributed by atoms with Gasteiger partial charge in [0.05, 0.1) is 0 Å². The van der Waals surface area contributed by atoms with Gasteiger partial charge in [-0.1, -0.05) is 83.1 Å². The summed E-state index contributed by atoms with van der Waals surface area (Å²) in [5.74, 6) is -5.48. The maximum absolute atomic E-state index is 14.1. The van der Waals surface area contributed by atoms with E-state index in [9.17, 15) is 29.1 Å². The first kappa shape index (κ1) is 42.3. The Morgan fingerprint density at radius 2 is 1.04 bits per heavy atom. The SMILES string of the molecule is CCC(C)C1OC(=O)C(C(C)C)N(C)C(=O)C(C(C)C)OC(=O)C(CC(C)C)N(C)C(O)C(C(C)C)OC(=O)C(C(C)C)N(C)C1=O. The van der Waals surface area contributed by atoms with E-state index in [4.69, 9.17) is 14.2 Å². The highest BCUT2D eigenvalue weighted by atomic mass is 16.6. The quantitative estimate of drug-likeness (QED) is 0.300. The first-order chi connectivity index (χ1) is 21.6. The Morgan fingerprint density at radius 1 is 0.617 bits per heavy atom. The van der Waals surface area contributed by atoms with E-state index in [0.29, 0.717) is 6.42 Å². The average Bonchev–Trinajstić information content (AvgIpc) is 2.96. The lowest BCUT2D eigenvalue weighted by atomic mass is 9.96. The van der Waals surface area contributed by atoms with Crippen molar-refractivity contribution in [1.29, 1.82) is 0 Å². The van der Waals surface area contributed by atoms with Gasteiger partial charge < -0.3 is 29.1 Å². The minimum absolute atomic E-state index is 0.000447. The lowest BCUT2D eigenvalue weighted by molar-refractivity contribution is -0.189. The van der Waals surface area contributed by atoms with Crippen LogP contribution < -0.4 is 0 Å². The van der Waals surface area contributed by atoms with E-state index in [1.165, 1.54) is 28.8 Å². The molecule has 0 aliphatic carbocycles. The summed E-state index contributed by atoms with van der Waals surface area (Å²) in [7, 11) is 4.48. The molecule has 47 heavy (non-hydrogen) atoms. The number of carbonyl (C=O) groups excluding carboxylic acids is 5. The second-order valence-electron chi connectivity index (χ2n) is 15.0. The number of aliphatic hydroxyl groups is 1. The molecule has 8 unspecified atom stereocenters. The number of cyclic esters (lactones) is 3. The molecular formula is C35H63N3O9. The highest BCUT2D eigenvalue weighted by Crippen LogP contribution is 2.26. The highest BCUT2D eigenvalue weighted by Gasteiger charge is 2.45. The zero-order valence-corrected chi connectivity index (χ0v) is 31.5. The van der Waals surface area contributed by atoms with Crippen LogP contribution in [0.2, 0.25) is 0 Å². The summed E-state index contributed by atoms with van der Waals surface area (Å²) in [6.07, 6.45) is -4.22. The van der Waals surface area contributed by atoms with Crippen molar-refractivity contribution in [2.75, 3.05) is 21.1 Å². The topological polar surface area (TPSA) is 143 Å². The standard InChI is InChI=1S/C35H63N3O9/c1-16-23(12)29-32(41)38(15)25(19(4)5)34(43)46-27(21(8)9)30(39)36(13)24(17-18(2)3)33(42)45-28(22(10)11)31(40)37(14)26(20(6)7)35(44)47-29/h18-30,39H,16-17H2,1-15H3. The minimum Gasteiger partial charge on any atom is -0.456 e. The third kappa shape index (κ3) is 10.6. The van der Waals surface area contributed by atoms with Gasteiger partial charge in [0.1, 0.15) is 30.5 Å². The first-order valence-electron chi connectivity index (χ1n) is 17.1. The van der Waals surface area contributed by atoms with Gasteiger partial charge in [0, 0.05) is 20.0 Å². The van der Waals surface area contributed by atoms with Gasteiger partial charge in [0.15, 0.2) is 12.2 Å². The van der Waals surface area contributed by atoms with E-state index >= 15 is 0 Å². The Bertz CT molecular complexity index is 1080. The van der Waals surface area contributed by atoms with Gasteiger partial charge in [-0.05, 0) is 49.5 Å². The van der Waals surface area contributed by atoms with E-state index in [1.807, 2.05) is 20.8 Å². The molecule has 1 fully saturated rings. The molecule has 1 heterocycles. The third-order valence-corrected chi connectivity index (χ3v) is 9.09. The van der Waals surface area contributed by atoms with E-state index in [-0.39, 0.29) is 18.3 Å². The third-order valence-electron chi connectivity index (χ3n) is 9.09.